The van der Waals surface area contributed by atoms with Crippen molar-refractivity contribution in [2.45, 2.75) is 39.3 Å². The summed E-state index contributed by atoms with van der Waals surface area (Å²) in [6.45, 7) is 6.37. The van der Waals surface area contributed by atoms with E-state index in [4.69, 9.17) is 10.5 Å². The molecule has 1 aliphatic rings. The lowest BCUT2D eigenvalue weighted by molar-refractivity contribution is 0.160. The van der Waals surface area contributed by atoms with Crippen molar-refractivity contribution in [3.8, 4) is 5.75 Å². The molecule has 2 aromatic carbocycles. The smallest absolute Gasteiger partial charge is 0.126 e. The van der Waals surface area contributed by atoms with E-state index in [1.165, 1.54) is 22.3 Å². The Morgan fingerprint density at radius 2 is 1.75 bits per heavy atom. The molecule has 0 aliphatic carbocycles. The number of rotatable bonds is 1. The Hall–Kier alpha value is -1.80. The topological polar surface area (TPSA) is 35.2 Å². The molecule has 0 bridgehead atoms. The monoisotopic (exact) mass is 267 g/mol. The first-order valence-corrected chi connectivity index (χ1v) is 7.15. The summed E-state index contributed by atoms with van der Waals surface area (Å²) in [6, 6.07) is 12.7. The van der Waals surface area contributed by atoms with Gasteiger partial charge >= 0.3 is 0 Å². The fourth-order valence-corrected chi connectivity index (χ4v) is 3.14. The van der Waals surface area contributed by atoms with Gasteiger partial charge in [-0.2, -0.15) is 0 Å². The van der Waals surface area contributed by atoms with Gasteiger partial charge in [-0.25, -0.2) is 0 Å². The SMILES string of the molecule is Cc1ccc2c(c1)[C@@H](N)CC(c1c(C)cccc1C)O2. The van der Waals surface area contributed by atoms with E-state index >= 15 is 0 Å². The van der Waals surface area contributed by atoms with Gasteiger partial charge in [0.05, 0.1) is 0 Å². The lowest BCUT2D eigenvalue weighted by Crippen LogP contribution is -2.25. The van der Waals surface area contributed by atoms with Crippen LogP contribution < -0.4 is 10.5 Å². The molecule has 2 nitrogen and oxygen atoms in total. The molecule has 0 radical (unpaired) electrons. The van der Waals surface area contributed by atoms with Gasteiger partial charge in [0.1, 0.15) is 11.9 Å². The van der Waals surface area contributed by atoms with Crippen LogP contribution in [0.3, 0.4) is 0 Å². The van der Waals surface area contributed by atoms with Crippen molar-refractivity contribution in [3.63, 3.8) is 0 Å². The van der Waals surface area contributed by atoms with Gasteiger partial charge in [-0.05, 0) is 43.5 Å². The molecule has 0 saturated carbocycles. The van der Waals surface area contributed by atoms with Gasteiger partial charge in [-0.3, -0.25) is 0 Å². The minimum atomic E-state index is 0.0441. The summed E-state index contributed by atoms with van der Waals surface area (Å²) < 4.78 is 6.23. The van der Waals surface area contributed by atoms with Crippen LogP contribution in [0.4, 0.5) is 0 Å². The van der Waals surface area contributed by atoms with Crippen molar-refractivity contribution < 1.29 is 4.74 Å². The third-order valence-electron chi connectivity index (χ3n) is 4.17. The highest BCUT2D eigenvalue weighted by atomic mass is 16.5. The van der Waals surface area contributed by atoms with E-state index in [1.807, 2.05) is 6.07 Å². The molecule has 2 atom stereocenters. The standard InChI is InChI=1S/C18H21NO/c1-11-7-8-16-14(9-11)15(19)10-17(20-16)18-12(2)5-4-6-13(18)3/h4-9,15,17H,10,19H2,1-3H3/t15-,17?/m0/s1. The second kappa shape index (κ2) is 4.95. The normalized spacial score (nSPS) is 21.2. The van der Waals surface area contributed by atoms with Crippen molar-refractivity contribution in [2.24, 2.45) is 5.73 Å². The number of fused-ring (bicyclic) bond motifs is 1. The number of nitrogens with two attached hydrogens (primary N) is 1. The molecule has 0 amide bonds. The van der Waals surface area contributed by atoms with Crippen molar-refractivity contribution in [2.75, 3.05) is 0 Å². The Labute approximate surface area is 120 Å². The number of hydrogen-bond donors (Lipinski definition) is 1. The fraction of sp³-hybridized carbons (Fsp3) is 0.333. The van der Waals surface area contributed by atoms with Crippen LogP contribution in [0.5, 0.6) is 5.75 Å². The zero-order chi connectivity index (χ0) is 14.3. The predicted octanol–water partition coefficient (Wildman–Crippen LogP) is 4.14. The Bertz CT molecular complexity index is 628. The van der Waals surface area contributed by atoms with Crippen molar-refractivity contribution in [1.82, 2.24) is 0 Å². The third-order valence-corrected chi connectivity index (χ3v) is 4.17. The molecule has 1 aliphatic heterocycles. The molecule has 2 N–H and O–H groups in total. The van der Waals surface area contributed by atoms with Gasteiger partial charge in [0, 0.05) is 18.0 Å². The largest absolute Gasteiger partial charge is 0.485 e. The van der Waals surface area contributed by atoms with Crippen molar-refractivity contribution in [3.05, 3.63) is 64.2 Å². The maximum atomic E-state index is 6.36. The maximum absolute atomic E-state index is 6.36. The molecule has 0 fully saturated rings. The van der Waals surface area contributed by atoms with Crippen LogP contribution in [0.15, 0.2) is 36.4 Å². The van der Waals surface area contributed by atoms with E-state index in [-0.39, 0.29) is 12.1 Å². The average molecular weight is 267 g/mol. The van der Waals surface area contributed by atoms with E-state index in [2.05, 4.69) is 51.1 Å². The molecule has 1 unspecified atom stereocenters. The van der Waals surface area contributed by atoms with Crippen LogP contribution in [0.1, 0.15) is 46.4 Å². The van der Waals surface area contributed by atoms with Crippen LogP contribution in [0.25, 0.3) is 0 Å². The van der Waals surface area contributed by atoms with Crippen LogP contribution >= 0.6 is 0 Å². The van der Waals surface area contributed by atoms with E-state index in [0.717, 1.165) is 17.7 Å². The summed E-state index contributed by atoms with van der Waals surface area (Å²) in [6.07, 6.45) is 0.892. The lowest BCUT2D eigenvalue weighted by atomic mass is 9.89. The summed E-state index contributed by atoms with van der Waals surface area (Å²) in [5, 5.41) is 0. The first-order chi connectivity index (χ1) is 9.56. The quantitative estimate of drug-likeness (QED) is 0.843. The predicted molar refractivity (Wildman–Crippen MR) is 82.0 cm³/mol. The molecule has 20 heavy (non-hydrogen) atoms. The second-order valence-electron chi connectivity index (χ2n) is 5.80. The molecule has 1 heterocycles. The Morgan fingerprint density at radius 3 is 2.45 bits per heavy atom. The Kier molecular flexibility index (Phi) is 3.27. The minimum Gasteiger partial charge on any atom is -0.485 e. The summed E-state index contributed by atoms with van der Waals surface area (Å²) in [7, 11) is 0. The highest BCUT2D eigenvalue weighted by molar-refractivity contribution is 5.43. The van der Waals surface area contributed by atoms with E-state index in [0.29, 0.717) is 0 Å². The number of aryl methyl sites for hydroxylation is 3. The molecular weight excluding hydrogens is 246 g/mol. The third kappa shape index (κ3) is 2.20. The van der Waals surface area contributed by atoms with E-state index < -0.39 is 0 Å². The van der Waals surface area contributed by atoms with Gasteiger partial charge in [0.15, 0.2) is 0 Å². The summed E-state index contributed by atoms with van der Waals surface area (Å²) in [5.74, 6) is 0.932. The van der Waals surface area contributed by atoms with Crippen LogP contribution in [0, 0.1) is 20.8 Å². The molecule has 2 heteroatoms. The van der Waals surface area contributed by atoms with E-state index in [1.54, 1.807) is 0 Å². The van der Waals surface area contributed by atoms with E-state index in [9.17, 15) is 0 Å². The van der Waals surface area contributed by atoms with Gasteiger partial charge in [0.2, 0.25) is 0 Å². The summed E-state index contributed by atoms with van der Waals surface area (Å²) in [5.41, 5.74) is 12.6. The highest BCUT2D eigenvalue weighted by Crippen LogP contribution is 2.41. The van der Waals surface area contributed by atoms with Crippen molar-refractivity contribution >= 4 is 0 Å². The second-order valence-corrected chi connectivity index (χ2v) is 5.80. The molecule has 0 spiro atoms. The summed E-state index contributed by atoms with van der Waals surface area (Å²) >= 11 is 0. The lowest BCUT2D eigenvalue weighted by Gasteiger charge is -2.32. The molecular formula is C18H21NO. The Morgan fingerprint density at radius 1 is 1.05 bits per heavy atom. The first-order valence-electron chi connectivity index (χ1n) is 7.15. The fourth-order valence-electron chi connectivity index (χ4n) is 3.14. The first kappa shape index (κ1) is 13.2. The molecule has 104 valence electrons. The molecule has 0 aromatic heterocycles. The van der Waals surface area contributed by atoms with Crippen LogP contribution in [-0.2, 0) is 0 Å². The van der Waals surface area contributed by atoms with Crippen LogP contribution in [0.2, 0.25) is 0 Å². The highest BCUT2D eigenvalue weighted by Gasteiger charge is 2.28. The van der Waals surface area contributed by atoms with Gasteiger partial charge in [-0.15, -0.1) is 0 Å². The van der Waals surface area contributed by atoms with Gasteiger partial charge < -0.3 is 10.5 Å². The Balaban J connectivity index is 2.01. The molecule has 0 saturated heterocycles. The minimum absolute atomic E-state index is 0.0441. The van der Waals surface area contributed by atoms with Gasteiger partial charge in [-0.1, -0.05) is 35.9 Å². The average Bonchev–Trinajstić information content (AvgIpc) is 2.39. The molecule has 2 aromatic rings. The number of benzene rings is 2. The number of ether oxygens (including phenoxy) is 1. The zero-order valence-corrected chi connectivity index (χ0v) is 12.3. The molecule has 3 rings (SSSR count). The number of hydrogen-bond acceptors (Lipinski definition) is 2. The van der Waals surface area contributed by atoms with Crippen LogP contribution in [-0.4, -0.2) is 0 Å². The van der Waals surface area contributed by atoms with Gasteiger partial charge in [0.25, 0.3) is 0 Å². The maximum Gasteiger partial charge on any atom is 0.126 e. The zero-order valence-electron chi connectivity index (χ0n) is 12.3. The van der Waals surface area contributed by atoms with Crippen molar-refractivity contribution in [1.29, 1.82) is 0 Å². The summed E-state index contributed by atoms with van der Waals surface area (Å²) in [4.78, 5) is 0.